The molecule has 0 fully saturated rings. The van der Waals surface area contributed by atoms with E-state index in [-0.39, 0.29) is 6.04 Å². The maximum atomic E-state index is 11.8. The van der Waals surface area contributed by atoms with Crippen molar-refractivity contribution < 1.29 is 9.59 Å². The standard InChI is InChI=1S/C16H16N4O2/c1-12(13-7-3-2-4-8-13)19-15(21)16(22)20-18-11-14-9-5-6-10-17-14/h2-12H,1H3,(H,19,21)(H,20,22)/b18-11-/t12-/m1/s1. The molecule has 0 aliphatic rings. The van der Waals surface area contributed by atoms with Gasteiger partial charge in [0.15, 0.2) is 0 Å². The first kappa shape index (κ1) is 15.4. The number of aromatic nitrogens is 1. The molecule has 1 aromatic carbocycles. The van der Waals surface area contributed by atoms with Gasteiger partial charge in [0, 0.05) is 6.20 Å². The number of amides is 2. The minimum absolute atomic E-state index is 0.265. The number of hydrazone groups is 1. The first-order valence-electron chi connectivity index (χ1n) is 6.76. The topological polar surface area (TPSA) is 83.5 Å². The summed E-state index contributed by atoms with van der Waals surface area (Å²) < 4.78 is 0. The highest BCUT2D eigenvalue weighted by Gasteiger charge is 2.16. The van der Waals surface area contributed by atoms with Crippen molar-refractivity contribution in [3.63, 3.8) is 0 Å². The quantitative estimate of drug-likeness (QED) is 0.508. The second kappa shape index (κ2) is 7.68. The molecule has 0 bridgehead atoms. The summed E-state index contributed by atoms with van der Waals surface area (Å²) in [7, 11) is 0. The summed E-state index contributed by atoms with van der Waals surface area (Å²) in [6, 6.07) is 14.4. The van der Waals surface area contributed by atoms with Crippen molar-refractivity contribution in [1.29, 1.82) is 0 Å². The Balaban J connectivity index is 1.85. The fourth-order valence-corrected chi connectivity index (χ4v) is 1.75. The number of benzene rings is 1. The minimum atomic E-state index is -0.824. The normalized spacial score (nSPS) is 11.9. The molecule has 1 aromatic heterocycles. The van der Waals surface area contributed by atoms with E-state index < -0.39 is 11.8 Å². The van der Waals surface area contributed by atoms with E-state index in [1.165, 1.54) is 6.21 Å². The van der Waals surface area contributed by atoms with E-state index in [4.69, 9.17) is 0 Å². The molecule has 0 radical (unpaired) electrons. The maximum absolute atomic E-state index is 11.8. The summed E-state index contributed by atoms with van der Waals surface area (Å²) in [4.78, 5) is 27.4. The van der Waals surface area contributed by atoms with Crippen molar-refractivity contribution in [2.75, 3.05) is 0 Å². The summed E-state index contributed by atoms with van der Waals surface area (Å²) >= 11 is 0. The van der Waals surface area contributed by atoms with Gasteiger partial charge in [-0.1, -0.05) is 36.4 Å². The number of pyridine rings is 1. The molecule has 22 heavy (non-hydrogen) atoms. The Labute approximate surface area is 128 Å². The number of nitrogens with one attached hydrogen (secondary N) is 2. The highest BCUT2D eigenvalue weighted by molar-refractivity contribution is 6.35. The molecule has 6 nitrogen and oxygen atoms in total. The zero-order chi connectivity index (χ0) is 15.8. The van der Waals surface area contributed by atoms with Crippen LogP contribution in [-0.2, 0) is 9.59 Å². The molecule has 112 valence electrons. The molecule has 1 atom stereocenters. The van der Waals surface area contributed by atoms with Gasteiger partial charge in [-0.05, 0) is 24.6 Å². The van der Waals surface area contributed by atoms with Crippen LogP contribution in [0.25, 0.3) is 0 Å². The Morgan fingerprint density at radius 2 is 1.82 bits per heavy atom. The summed E-state index contributed by atoms with van der Waals surface area (Å²) in [5.74, 6) is -1.57. The number of carbonyl (C=O) groups is 2. The van der Waals surface area contributed by atoms with Crippen molar-refractivity contribution in [1.82, 2.24) is 15.7 Å². The second-order valence-corrected chi connectivity index (χ2v) is 4.56. The predicted octanol–water partition coefficient (Wildman–Crippen LogP) is 1.41. The third kappa shape index (κ3) is 4.52. The van der Waals surface area contributed by atoms with Crippen molar-refractivity contribution in [3.05, 3.63) is 66.0 Å². The largest absolute Gasteiger partial charge is 0.341 e. The number of carbonyl (C=O) groups excluding carboxylic acids is 2. The fraction of sp³-hybridized carbons (Fsp3) is 0.125. The smallest absolute Gasteiger partial charge is 0.329 e. The fourth-order valence-electron chi connectivity index (χ4n) is 1.75. The van der Waals surface area contributed by atoms with Gasteiger partial charge in [0.05, 0.1) is 18.0 Å². The van der Waals surface area contributed by atoms with Crippen LogP contribution in [0.1, 0.15) is 24.2 Å². The molecule has 0 aliphatic carbocycles. The van der Waals surface area contributed by atoms with Crippen LogP contribution >= 0.6 is 0 Å². The van der Waals surface area contributed by atoms with E-state index in [0.29, 0.717) is 5.69 Å². The van der Waals surface area contributed by atoms with Crippen LogP contribution in [0.3, 0.4) is 0 Å². The molecule has 0 saturated carbocycles. The lowest BCUT2D eigenvalue weighted by Crippen LogP contribution is -2.39. The number of hydrogen-bond acceptors (Lipinski definition) is 4. The van der Waals surface area contributed by atoms with Gasteiger partial charge in [-0.15, -0.1) is 0 Å². The Morgan fingerprint density at radius 1 is 1.09 bits per heavy atom. The van der Waals surface area contributed by atoms with Gasteiger partial charge >= 0.3 is 11.8 Å². The van der Waals surface area contributed by atoms with Gasteiger partial charge in [0.2, 0.25) is 0 Å². The van der Waals surface area contributed by atoms with Gasteiger partial charge in [-0.3, -0.25) is 14.6 Å². The second-order valence-electron chi connectivity index (χ2n) is 4.56. The van der Waals surface area contributed by atoms with Crippen molar-refractivity contribution in [2.24, 2.45) is 5.10 Å². The van der Waals surface area contributed by atoms with E-state index in [1.807, 2.05) is 30.3 Å². The van der Waals surface area contributed by atoms with Gasteiger partial charge < -0.3 is 5.32 Å². The molecular weight excluding hydrogens is 280 g/mol. The Hall–Kier alpha value is -3.02. The molecule has 2 N–H and O–H groups in total. The Bertz CT molecular complexity index is 656. The van der Waals surface area contributed by atoms with Crippen molar-refractivity contribution in [3.8, 4) is 0 Å². The van der Waals surface area contributed by atoms with Crippen LogP contribution < -0.4 is 10.7 Å². The molecule has 0 aliphatic heterocycles. The number of rotatable bonds is 4. The average Bonchev–Trinajstić information content (AvgIpc) is 2.56. The lowest BCUT2D eigenvalue weighted by Gasteiger charge is -2.13. The van der Waals surface area contributed by atoms with Crippen LogP contribution in [0.4, 0.5) is 0 Å². The van der Waals surface area contributed by atoms with E-state index in [1.54, 1.807) is 31.3 Å². The third-order valence-electron chi connectivity index (χ3n) is 2.90. The third-order valence-corrected chi connectivity index (χ3v) is 2.90. The van der Waals surface area contributed by atoms with Crippen LogP contribution in [0.2, 0.25) is 0 Å². The number of nitrogens with zero attached hydrogens (tertiary/aromatic N) is 2. The Kier molecular flexibility index (Phi) is 5.37. The van der Waals surface area contributed by atoms with E-state index in [0.717, 1.165) is 5.56 Å². The first-order valence-corrected chi connectivity index (χ1v) is 6.76. The average molecular weight is 296 g/mol. The summed E-state index contributed by atoms with van der Waals surface area (Å²) in [6.45, 7) is 1.80. The van der Waals surface area contributed by atoms with E-state index >= 15 is 0 Å². The first-order chi connectivity index (χ1) is 10.7. The van der Waals surface area contributed by atoms with Crippen molar-refractivity contribution in [2.45, 2.75) is 13.0 Å². The molecule has 2 aromatic rings. The van der Waals surface area contributed by atoms with Gasteiger partial charge in [-0.25, -0.2) is 5.43 Å². The zero-order valence-electron chi connectivity index (χ0n) is 12.1. The van der Waals surface area contributed by atoms with Gasteiger partial charge in [0.25, 0.3) is 0 Å². The predicted molar refractivity (Wildman–Crippen MR) is 83.0 cm³/mol. The molecule has 2 rings (SSSR count). The molecular formula is C16H16N4O2. The lowest BCUT2D eigenvalue weighted by atomic mass is 10.1. The molecule has 6 heteroatoms. The van der Waals surface area contributed by atoms with Gasteiger partial charge in [-0.2, -0.15) is 5.10 Å². The molecule has 0 unspecified atom stereocenters. The maximum Gasteiger partial charge on any atom is 0.329 e. The summed E-state index contributed by atoms with van der Waals surface area (Å²) in [6.07, 6.45) is 2.98. The molecule has 2 amide bonds. The van der Waals surface area contributed by atoms with Gasteiger partial charge in [0.1, 0.15) is 0 Å². The lowest BCUT2D eigenvalue weighted by molar-refractivity contribution is -0.139. The number of hydrogen-bond donors (Lipinski definition) is 2. The summed E-state index contributed by atoms with van der Waals surface area (Å²) in [5, 5.41) is 6.30. The van der Waals surface area contributed by atoms with Crippen LogP contribution in [0, 0.1) is 0 Å². The molecule has 0 spiro atoms. The highest BCUT2D eigenvalue weighted by atomic mass is 16.2. The van der Waals surface area contributed by atoms with Crippen LogP contribution in [0.5, 0.6) is 0 Å². The molecule has 0 saturated heterocycles. The Morgan fingerprint density at radius 3 is 2.50 bits per heavy atom. The van der Waals surface area contributed by atoms with Crippen LogP contribution in [0.15, 0.2) is 59.8 Å². The zero-order valence-corrected chi connectivity index (χ0v) is 12.1. The minimum Gasteiger partial charge on any atom is -0.341 e. The monoisotopic (exact) mass is 296 g/mol. The summed E-state index contributed by atoms with van der Waals surface area (Å²) in [5.41, 5.74) is 3.67. The van der Waals surface area contributed by atoms with Crippen molar-refractivity contribution >= 4 is 18.0 Å². The van der Waals surface area contributed by atoms with Crippen LogP contribution in [-0.4, -0.2) is 23.0 Å². The van der Waals surface area contributed by atoms with E-state index in [2.05, 4.69) is 20.8 Å². The highest BCUT2D eigenvalue weighted by Crippen LogP contribution is 2.10. The molecule has 1 heterocycles. The van der Waals surface area contributed by atoms with E-state index in [9.17, 15) is 9.59 Å². The SMILES string of the molecule is C[C@@H](NC(=O)C(=O)N/N=C\c1ccccn1)c1ccccc1.